The molecule has 1 heterocycles. The maximum absolute atomic E-state index is 12.2. The Labute approximate surface area is 182 Å². The summed E-state index contributed by atoms with van der Waals surface area (Å²) in [5.74, 6) is -0.341. The summed E-state index contributed by atoms with van der Waals surface area (Å²) >= 11 is 0. The van der Waals surface area contributed by atoms with Gasteiger partial charge in [-0.05, 0) is 42.7 Å². The van der Waals surface area contributed by atoms with E-state index in [1.54, 1.807) is 46.6 Å². The van der Waals surface area contributed by atoms with Crippen molar-refractivity contribution in [3.05, 3.63) is 59.5 Å². The minimum Gasteiger partial charge on any atom is -0.468 e. The molecule has 1 aromatic heterocycles. The van der Waals surface area contributed by atoms with E-state index in [0.717, 1.165) is 18.4 Å². The molecule has 1 aromatic carbocycles. The van der Waals surface area contributed by atoms with Crippen LogP contribution in [0, 0.1) is 0 Å². The van der Waals surface area contributed by atoms with Gasteiger partial charge in [-0.3, -0.25) is 19.8 Å². The lowest BCUT2D eigenvalue weighted by atomic mass is 10.1. The second-order valence-electron chi connectivity index (χ2n) is 7.52. The van der Waals surface area contributed by atoms with Crippen molar-refractivity contribution >= 4 is 17.8 Å². The van der Waals surface area contributed by atoms with Crippen molar-refractivity contribution in [2.24, 2.45) is 0 Å². The third kappa shape index (κ3) is 8.06. The number of carbonyl (C=O) groups excluding carboxylic acids is 3. The topological polar surface area (TPSA) is 104 Å². The van der Waals surface area contributed by atoms with Gasteiger partial charge in [0.1, 0.15) is 12.3 Å². The quantitative estimate of drug-likeness (QED) is 0.543. The number of amides is 4. The summed E-state index contributed by atoms with van der Waals surface area (Å²) < 4.78 is 41.9. The molecule has 0 unspecified atom stereocenters. The molecule has 0 saturated heterocycles. The van der Waals surface area contributed by atoms with E-state index < -0.39 is 24.7 Å². The zero-order chi connectivity index (χ0) is 23.1. The fourth-order valence-corrected chi connectivity index (χ4v) is 2.90. The molecule has 0 atom stereocenters. The molecule has 0 radical (unpaired) electrons. The fraction of sp³-hybridized carbons (Fsp3) is 0.381. The molecule has 0 bridgehead atoms. The van der Waals surface area contributed by atoms with E-state index in [1.807, 2.05) is 5.32 Å². The first-order valence-electron chi connectivity index (χ1n) is 9.97. The number of benzene rings is 1. The van der Waals surface area contributed by atoms with Crippen LogP contribution in [0.2, 0.25) is 0 Å². The summed E-state index contributed by atoms with van der Waals surface area (Å²) in [5, 5.41) is 6.37. The predicted octanol–water partition coefficient (Wildman–Crippen LogP) is 2.56. The number of hydrogen-bond donors (Lipinski definition) is 3. The summed E-state index contributed by atoms with van der Waals surface area (Å²) in [6.07, 6.45) is -1.12. The molecule has 172 valence electrons. The van der Waals surface area contributed by atoms with Gasteiger partial charge in [-0.25, -0.2) is 4.79 Å². The summed E-state index contributed by atoms with van der Waals surface area (Å²) in [6.45, 7) is -1.29. The standard InChI is InChI=1S/C21H23F3N4O4/c22-21(23,24)13-25-20(31)27-18(29)12-28(11-17-2-1-9-32-17)10-14-3-5-15(6-4-14)19(30)26-16-7-8-16/h1-6,9,16H,7-8,10-13H2,(H,26,30)(H2,25,27,29,31). The van der Waals surface area contributed by atoms with Gasteiger partial charge < -0.3 is 15.1 Å². The van der Waals surface area contributed by atoms with E-state index in [4.69, 9.17) is 4.42 Å². The zero-order valence-electron chi connectivity index (χ0n) is 17.1. The van der Waals surface area contributed by atoms with Gasteiger partial charge in [-0.2, -0.15) is 13.2 Å². The van der Waals surface area contributed by atoms with Gasteiger partial charge in [0.25, 0.3) is 5.91 Å². The highest BCUT2D eigenvalue weighted by Crippen LogP contribution is 2.19. The highest BCUT2D eigenvalue weighted by atomic mass is 19.4. The van der Waals surface area contributed by atoms with E-state index >= 15 is 0 Å². The van der Waals surface area contributed by atoms with Crippen LogP contribution in [0.4, 0.5) is 18.0 Å². The van der Waals surface area contributed by atoms with Crippen molar-refractivity contribution in [3.8, 4) is 0 Å². The van der Waals surface area contributed by atoms with Crippen molar-refractivity contribution in [3.63, 3.8) is 0 Å². The molecular formula is C21H23F3N4O4. The summed E-state index contributed by atoms with van der Waals surface area (Å²) in [7, 11) is 0. The van der Waals surface area contributed by atoms with Crippen molar-refractivity contribution < 1.29 is 32.0 Å². The largest absolute Gasteiger partial charge is 0.468 e. The molecule has 1 aliphatic rings. The zero-order valence-corrected chi connectivity index (χ0v) is 17.1. The van der Waals surface area contributed by atoms with Crippen LogP contribution in [-0.2, 0) is 17.9 Å². The van der Waals surface area contributed by atoms with Crippen molar-refractivity contribution in [2.75, 3.05) is 13.1 Å². The number of halogens is 3. The number of hydrogen-bond acceptors (Lipinski definition) is 5. The van der Waals surface area contributed by atoms with Crippen LogP contribution in [0.5, 0.6) is 0 Å². The Morgan fingerprint density at radius 3 is 2.38 bits per heavy atom. The van der Waals surface area contributed by atoms with Gasteiger partial charge in [-0.1, -0.05) is 12.1 Å². The van der Waals surface area contributed by atoms with Gasteiger partial charge in [0.2, 0.25) is 5.91 Å². The normalized spacial score (nSPS) is 13.6. The Morgan fingerprint density at radius 1 is 1.06 bits per heavy atom. The highest BCUT2D eigenvalue weighted by molar-refractivity contribution is 5.95. The Morgan fingerprint density at radius 2 is 1.78 bits per heavy atom. The molecule has 1 aliphatic carbocycles. The molecule has 3 N–H and O–H groups in total. The minimum atomic E-state index is -4.58. The lowest BCUT2D eigenvalue weighted by Gasteiger charge is -2.21. The van der Waals surface area contributed by atoms with Crippen LogP contribution >= 0.6 is 0 Å². The van der Waals surface area contributed by atoms with Gasteiger partial charge in [0.05, 0.1) is 19.4 Å². The molecule has 32 heavy (non-hydrogen) atoms. The molecule has 2 aromatic rings. The third-order valence-electron chi connectivity index (χ3n) is 4.56. The number of urea groups is 1. The Hall–Kier alpha value is -3.34. The lowest BCUT2D eigenvalue weighted by Crippen LogP contribution is -2.46. The van der Waals surface area contributed by atoms with Crippen molar-refractivity contribution in [1.29, 1.82) is 0 Å². The Bertz CT molecular complexity index is 926. The molecule has 11 heteroatoms. The van der Waals surface area contributed by atoms with Gasteiger partial charge in [0, 0.05) is 18.2 Å². The molecule has 8 nitrogen and oxygen atoms in total. The average Bonchev–Trinajstić information content (AvgIpc) is 3.38. The predicted molar refractivity (Wildman–Crippen MR) is 107 cm³/mol. The number of alkyl halides is 3. The van der Waals surface area contributed by atoms with Crippen molar-refractivity contribution in [2.45, 2.75) is 38.1 Å². The number of nitrogens with one attached hydrogen (secondary N) is 3. The van der Waals surface area contributed by atoms with Crippen LogP contribution in [0.15, 0.2) is 47.1 Å². The van der Waals surface area contributed by atoms with Crippen LogP contribution < -0.4 is 16.0 Å². The third-order valence-corrected chi connectivity index (χ3v) is 4.56. The second-order valence-corrected chi connectivity index (χ2v) is 7.52. The number of furan rings is 1. The highest BCUT2D eigenvalue weighted by Gasteiger charge is 2.28. The minimum absolute atomic E-state index is 0.143. The van der Waals surface area contributed by atoms with Gasteiger partial charge in [-0.15, -0.1) is 0 Å². The van der Waals surface area contributed by atoms with Crippen LogP contribution in [0.3, 0.4) is 0 Å². The number of carbonyl (C=O) groups is 3. The first kappa shape index (κ1) is 23.3. The maximum atomic E-state index is 12.2. The maximum Gasteiger partial charge on any atom is 0.405 e. The first-order chi connectivity index (χ1) is 15.2. The SMILES string of the molecule is O=C(CN(Cc1ccc(C(=O)NC2CC2)cc1)Cc1ccco1)NC(=O)NCC(F)(F)F. The Balaban J connectivity index is 1.58. The van der Waals surface area contributed by atoms with Crippen LogP contribution in [-0.4, -0.2) is 48.1 Å². The summed E-state index contributed by atoms with van der Waals surface area (Å²) in [5.41, 5.74) is 1.33. The van der Waals surface area contributed by atoms with E-state index in [1.165, 1.54) is 6.26 Å². The van der Waals surface area contributed by atoms with Gasteiger partial charge >= 0.3 is 12.2 Å². The summed E-state index contributed by atoms with van der Waals surface area (Å²) in [6, 6.07) is 9.30. The van der Waals surface area contributed by atoms with Crippen molar-refractivity contribution in [1.82, 2.24) is 20.9 Å². The lowest BCUT2D eigenvalue weighted by molar-refractivity contribution is -0.125. The first-order valence-corrected chi connectivity index (χ1v) is 9.97. The number of imide groups is 1. The molecule has 3 rings (SSSR count). The molecule has 0 spiro atoms. The van der Waals surface area contributed by atoms with E-state index in [0.29, 0.717) is 11.3 Å². The monoisotopic (exact) mass is 452 g/mol. The van der Waals surface area contributed by atoms with Gasteiger partial charge in [0.15, 0.2) is 0 Å². The molecule has 1 fully saturated rings. The second kappa shape index (κ2) is 10.3. The molecule has 1 saturated carbocycles. The fourth-order valence-electron chi connectivity index (χ4n) is 2.90. The number of nitrogens with zero attached hydrogens (tertiary/aromatic N) is 1. The van der Waals surface area contributed by atoms with E-state index in [-0.39, 0.29) is 31.6 Å². The number of rotatable bonds is 9. The molecule has 0 aliphatic heterocycles. The van der Waals surface area contributed by atoms with E-state index in [9.17, 15) is 27.6 Å². The molecule has 4 amide bonds. The van der Waals surface area contributed by atoms with Crippen LogP contribution in [0.25, 0.3) is 0 Å². The van der Waals surface area contributed by atoms with E-state index in [2.05, 4.69) is 5.32 Å². The Kier molecular flexibility index (Phi) is 7.52. The smallest absolute Gasteiger partial charge is 0.405 e. The van der Waals surface area contributed by atoms with Crippen LogP contribution in [0.1, 0.15) is 34.5 Å². The average molecular weight is 452 g/mol. The molecular weight excluding hydrogens is 429 g/mol. The summed E-state index contributed by atoms with van der Waals surface area (Å²) in [4.78, 5) is 37.5.